The molecule has 2 N–H and O–H groups in total. The Labute approximate surface area is 207 Å². The van der Waals surface area contributed by atoms with Gasteiger partial charge in [0.05, 0.1) is 23.6 Å². The van der Waals surface area contributed by atoms with Crippen molar-refractivity contribution < 1.29 is 9.59 Å². The van der Waals surface area contributed by atoms with Gasteiger partial charge in [-0.2, -0.15) is 5.26 Å². The predicted molar refractivity (Wildman–Crippen MR) is 136 cm³/mol. The first kappa shape index (κ1) is 23.4. The van der Waals surface area contributed by atoms with Crippen LogP contribution in [0.2, 0.25) is 0 Å². The topological polar surface area (TPSA) is 85.2 Å². The van der Waals surface area contributed by atoms with Gasteiger partial charge >= 0.3 is 0 Å². The summed E-state index contributed by atoms with van der Waals surface area (Å²) in [6, 6.07) is 17.5. The first-order valence-corrected chi connectivity index (χ1v) is 13.1. The number of rotatable bonds is 5. The molecule has 2 aromatic rings. The fourth-order valence-corrected chi connectivity index (χ4v) is 6.43. The summed E-state index contributed by atoms with van der Waals surface area (Å²) < 4.78 is 0. The SMILES string of the molecule is CCC[C@@H]1Nc2ccccc2[C@H]2[C@@H]1CCN2C(=O)[C@H]1CCCC[C@H]1NC(=O)c1ccc(C#N)cc1. The molecule has 2 aliphatic heterocycles. The van der Waals surface area contributed by atoms with Crippen LogP contribution in [0, 0.1) is 23.2 Å². The highest BCUT2D eigenvalue weighted by Crippen LogP contribution is 2.48. The van der Waals surface area contributed by atoms with Gasteiger partial charge in [-0.15, -0.1) is 0 Å². The minimum absolute atomic E-state index is 0.105. The fourth-order valence-electron chi connectivity index (χ4n) is 6.43. The highest BCUT2D eigenvalue weighted by Gasteiger charge is 2.47. The van der Waals surface area contributed by atoms with Crippen LogP contribution in [-0.4, -0.2) is 35.3 Å². The van der Waals surface area contributed by atoms with E-state index in [1.165, 1.54) is 5.56 Å². The van der Waals surface area contributed by atoms with E-state index < -0.39 is 0 Å². The molecule has 2 heterocycles. The first-order valence-electron chi connectivity index (χ1n) is 13.1. The summed E-state index contributed by atoms with van der Waals surface area (Å²) in [7, 11) is 0. The zero-order chi connectivity index (χ0) is 24.4. The number of fused-ring (bicyclic) bond motifs is 3. The molecule has 5 atom stereocenters. The molecule has 2 aromatic carbocycles. The molecule has 3 aliphatic rings. The van der Waals surface area contributed by atoms with Gasteiger partial charge in [0.2, 0.25) is 5.91 Å². The second kappa shape index (κ2) is 10.1. The number of carbonyl (C=O) groups excluding carboxylic acids is 2. The van der Waals surface area contributed by atoms with Crippen LogP contribution >= 0.6 is 0 Å². The minimum Gasteiger partial charge on any atom is -0.382 e. The van der Waals surface area contributed by atoms with Gasteiger partial charge in [-0.3, -0.25) is 9.59 Å². The third kappa shape index (κ3) is 4.52. The zero-order valence-corrected chi connectivity index (χ0v) is 20.4. The standard InChI is InChI=1S/C29H34N4O2/c1-2-7-24-22-16-17-33(27(22)21-8-3-5-10-25(21)31-24)29(35)23-9-4-6-11-26(23)32-28(34)20-14-12-19(18-30)13-15-20/h3,5,8,10,12-15,22-24,26-27,31H,2,4,6-7,9,11,16-17H2,1H3,(H,32,34)/t22-,23+,24+,26-,27+/m1/s1. The molecule has 6 heteroatoms. The average molecular weight is 471 g/mol. The summed E-state index contributed by atoms with van der Waals surface area (Å²) in [6.45, 7) is 3.00. The van der Waals surface area contributed by atoms with E-state index in [0.29, 0.717) is 23.1 Å². The first-order chi connectivity index (χ1) is 17.1. The second-order valence-electron chi connectivity index (χ2n) is 10.2. The van der Waals surface area contributed by atoms with Crippen molar-refractivity contribution in [3.63, 3.8) is 0 Å². The smallest absolute Gasteiger partial charge is 0.251 e. The third-order valence-electron chi connectivity index (χ3n) is 8.14. The highest BCUT2D eigenvalue weighted by atomic mass is 16.2. The number of nitriles is 1. The lowest BCUT2D eigenvalue weighted by Crippen LogP contribution is -2.50. The molecular formula is C29H34N4O2. The molecule has 6 nitrogen and oxygen atoms in total. The van der Waals surface area contributed by atoms with Crippen LogP contribution in [0.25, 0.3) is 0 Å². The second-order valence-corrected chi connectivity index (χ2v) is 10.2. The number of hydrogen-bond acceptors (Lipinski definition) is 4. The van der Waals surface area contributed by atoms with Crippen LogP contribution in [0.1, 0.15) is 79.4 Å². The predicted octanol–water partition coefficient (Wildman–Crippen LogP) is 5.03. The van der Waals surface area contributed by atoms with Crippen LogP contribution in [0.3, 0.4) is 0 Å². The maximum atomic E-state index is 14.1. The van der Waals surface area contributed by atoms with Crippen LogP contribution < -0.4 is 10.6 Å². The Morgan fingerprint density at radius 3 is 2.63 bits per heavy atom. The molecule has 1 saturated heterocycles. The van der Waals surface area contributed by atoms with E-state index in [9.17, 15) is 9.59 Å². The lowest BCUT2D eigenvalue weighted by molar-refractivity contribution is -0.138. The van der Waals surface area contributed by atoms with Crippen molar-refractivity contribution in [1.82, 2.24) is 10.2 Å². The van der Waals surface area contributed by atoms with Crippen LogP contribution in [0.15, 0.2) is 48.5 Å². The Hall–Kier alpha value is -3.33. The van der Waals surface area contributed by atoms with E-state index in [1.807, 2.05) is 0 Å². The van der Waals surface area contributed by atoms with Gasteiger partial charge in [-0.25, -0.2) is 0 Å². The number of carbonyl (C=O) groups is 2. The summed E-state index contributed by atoms with van der Waals surface area (Å²) in [5.41, 5.74) is 3.43. The molecule has 0 aromatic heterocycles. The Balaban J connectivity index is 1.36. The number of benzene rings is 2. The Morgan fingerprint density at radius 1 is 1.09 bits per heavy atom. The minimum atomic E-state index is -0.198. The lowest BCUT2D eigenvalue weighted by atomic mass is 9.80. The largest absolute Gasteiger partial charge is 0.382 e. The Kier molecular flexibility index (Phi) is 6.77. The monoisotopic (exact) mass is 470 g/mol. The van der Waals surface area contributed by atoms with Crippen LogP contribution in [0.4, 0.5) is 5.69 Å². The molecule has 1 saturated carbocycles. The van der Waals surface area contributed by atoms with Crippen LogP contribution in [-0.2, 0) is 4.79 Å². The van der Waals surface area contributed by atoms with Crippen molar-refractivity contribution in [3.8, 4) is 6.07 Å². The van der Waals surface area contributed by atoms with E-state index in [4.69, 9.17) is 5.26 Å². The summed E-state index contributed by atoms with van der Waals surface area (Å²) >= 11 is 0. The number of hydrogen-bond donors (Lipinski definition) is 2. The molecule has 0 unspecified atom stereocenters. The average Bonchev–Trinajstić information content (AvgIpc) is 3.35. The van der Waals surface area contributed by atoms with Gasteiger partial charge in [0.1, 0.15) is 0 Å². The summed E-state index contributed by atoms with van der Waals surface area (Å²) in [5, 5.41) is 15.9. The maximum Gasteiger partial charge on any atom is 0.251 e. The molecule has 0 radical (unpaired) electrons. The molecule has 182 valence electrons. The number of anilines is 1. The maximum absolute atomic E-state index is 14.1. The van der Waals surface area contributed by atoms with Crippen molar-refractivity contribution in [2.45, 2.75) is 70.0 Å². The molecule has 0 spiro atoms. The van der Waals surface area contributed by atoms with Crippen molar-refractivity contribution in [1.29, 1.82) is 5.26 Å². The van der Waals surface area contributed by atoms with Gasteiger partial charge in [0.25, 0.3) is 5.91 Å². The number of likely N-dealkylation sites (tertiary alicyclic amines) is 1. The van der Waals surface area contributed by atoms with Crippen molar-refractivity contribution >= 4 is 17.5 Å². The van der Waals surface area contributed by atoms with E-state index in [-0.39, 0.29) is 29.8 Å². The molecule has 35 heavy (non-hydrogen) atoms. The van der Waals surface area contributed by atoms with E-state index in [2.05, 4.69) is 52.8 Å². The summed E-state index contributed by atoms with van der Waals surface area (Å²) in [6.07, 6.45) is 6.88. The highest BCUT2D eigenvalue weighted by molar-refractivity contribution is 5.95. The molecule has 0 bridgehead atoms. The zero-order valence-electron chi connectivity index (χ0n) is 20.4. The summed E-state index contributed by atoms with van der Waals surface area (Å²) in [4.78, 5) is 29.2. The van der Waals surface area contributed by atoms with Gasteiger partial charge in [0.15, 0.2) is 0 Å². The number of amides is 2. The Morgan fingerprint density at radius 2 is 1.86 bits per heavy atom. The molecule has 2 amide bonds. The van der Waals surface area contributed by atoms with Gasteiger partial charge in [-0.1, -0.05) is 44.4 Å². The number of nitrogens with zero attached hydrogens (tertiary/aromatic N) is 2. The van der Waals surface area contributed by atoms with E-state index >= 15 is 0 Å². The van der Waals surface area contributed by atoms with Crippen molar-refractivity contribution in [2.75, 3.05) is 11.9 Å². The van der Waals surface area contributed by atoms with Gasteiger partial charge < -0.3 is 15.5 Å². The molecule has 1 aliphatic carbocycles. The van der Waals surface area contributed by atoms with Gasteiger partial charge in [0, 0.05) is 35.8 Å². The molecule has 5 rings (SSSR count). The fraction of sp³-hybridized carbons (Fsp3) is 0.483. The van der Waals surface area contributed by atoms with Crippen molar-refractivity contribution in [3.05, 3.63) is 65.2 Å². The normalized spacial score (nSPS) is 27.2. The number of nitrogens with one attached hydrogen (secondary N) is 2. The lowest BCUT2D eigenvalue weighted by Gasteiger charge is -2.42. The Bertz CT molecular complexity index is 1120. The number of para-hydroxylation sites is 1. The van der Waals surface area contributed by atoms with Gasteiger partial charge in [-0.05, 0) is 61.6 Å². The van der Waals surface area contributed by atoms with E-state index in [0.717, 1.165) is 57.2 Å². The molecular weight excluding hydrogens is 436 g/mol. The molecule has 2 fully saturated rings. The summed E-state index contributed by atoms with van der Waals surface area (Å²) in [5.74, 6) is 0.239. The van der Waals surface area contributed by atoms with Crippen molar-refractivity contribution in [2.24, 2.45) is 11.8 Å². The third-order valence-corrected chi connectivity index (χ3v) is 8.14. The van der Waals surface area contributed by atoms with E-state index in [1.54, 1.807) is 24.3 Å². The van der Waals surface area contributed by atoms with Crippen LogP contribution in [0.5, 0.6) is 0 Å². The quantitative estimate of drug-likeness (QED) is 0.642.